The molecule has 0 N–H and O–H groups in total. The molecule has 0 aliphatic heterocycles. The molecule has 0 saturated heterocycles. The summed E-state index contributed by atoms with van der Waals surface area (Å²) in [7, 11) is 0. The highest BCUT2D eigenvalue weighted by Gasteiger charge is 2.24. The Bertz CT molecular complexity index is 852. The molecule has 22 heavy (non-hydrogen) atoms. The molecule has 2 aromatic heterocycles. The van der Waals surface area contributed by atoms with Crippen molar-refractivity contribution in [3.8, 4) is 0 Å². The van der Waals surface area contributed by atoms with Crippen LogP contribution in [0.1, 0.15) is 40.9 Å². The number of furan rings is 1. The number of fused-ring (bicyclic) bond motifs is 1. The third kappa shape index (κ3) is 2.64. The minimum Gasteiger partial charge on any atom is -0.449 e. The van der Waals surface area contributed by atoms with Gasteiger partial charge in [-0.1, -0.05) is 15.9 Å². The highest BCUT2D eigenvalue weighted by molar-refractivity contribution is 9.10. The number of carbonyl (C=O) groups is 1. The van der Waals surface area contributed by atoms with Gasteiger partial charge in [0.2, 0.25) is 11.7 Å². The third-order valence-corrected chi connectivity index (χ3v) is 3.75. The van der Waals surface area contributed by atoms with Gasteiger partial charge in [0.15, 0.2) is 6.10 Å². The van der Waals surface area contributed by atoms with E-state index in [-0.39, 0.29) is 11.7 Å². The molecule has 114 valence electrons. The molecule has 0 fully saturated rings. The molecule has 0 radical (unpaired) electrons. The lowest BCUT2D eigenvalue weighted by atomic mass is 10.1. The van der Waals surface area contributed by atoms with E-state index in [1.807, 2.05) is 19.1 Å². The molecule has 0 aliphatic rings. The van der Waals surface area contributed by atoms with Crippen LogP contribution < -0.4 is 0 Å². The fraction of sp³-hybridized carbons (Fsp3) is 0.267. The molecule has 7 heteroatoms. The number of hydrogen-bond acceptors (Lipinski definition) is 6. The maximum atomic E-state index is 12.3. The van der Waals surface area contributed by atoms with Gasteiger partial charge >= 0.3 is 5.97 Å². The van der Waals surface area contributed by atoms with Crippen molar-refractivity contribution in [1.29, 1.82) is 0 Å². The quantitative estimate of drug-likeness (QED) is 0.650. The fourth-order valence-electron chi connectivity index (χ4n) is 2.13. The van der Waals surface area contributed by atoms with E-state index in [0.717, 1.165) is 15.4 Å². The summed E-state index contributed by atoms with van der Waals surface area (Å²) in [6.07, 6.45) is -0.645. The van der Waals surface area contributed by atoms with Gasteiger partial charge in [-0.2, -0.15) is 0 Å². The van der Waals surface area contributed by atoms with Crippen LogP contribution >= 0.6 is 15.9 Å². The smallest absolute Gasteiger partial charge is 0.375 e. The predicted octanol–water partition coefficient (Wildman–Crippen LogP) is 4.11. The molecule has 0 amide bonds. The van der Waals surface area contributed by atoms with Crippen LogP contribution in [0.15, 0.2) is 31.5 Å². The zero-order valence-corrected chi connectivity index (χ0v) is 13.8. The van der Waals surface area contributed by atoms with Crippen molar-refractivity contribution in [2.45, 2.75) is 26.9 Å². The maximum Gasteiger partial charge on any atom is 0.375 e. The van der Waals surface area contributed by atoms with E-state index in [9.17, 15) is 4.79 Å². The Kier molecular flexibility index (Phi) is 3.74. The lowest BCUT2D eigenvalue weighted by molar-refractivity contribution is 0.0243. The first-order chi connectivity index (χ1) is 10.5. The van der Waals surface area contributed by atoms with Gasteiger partial charge in [0, 0.05) is 22.3 Å². The largest absolute Gasteiger partial charge is 0.449 e. The van der Waals surface area contributed by atoms with Crippen molar-refractivity contribution in [2.75, 3.05) is 0 Å². The van der Waals surface area contributed by atoms with Gasteiger partial charge in [-0.05, 0) is 32.0 Å². The lowest BCUT2D eigenvalue weighted by Crippen LogP contribution is -2.09. The van der Waals surface area contributed by atoms with Gasteiger partial charge in [0.25, 0.3) is 5.89 Å². The van der Waals surface area contributed by atoms with E-state index in [1.54, 1.807) is 19.9 Å². The van der Waals surface area contributed by atoms with Crippen LogP contribution in [0.2, 0.25) is 0 Å². The van der Waals surface area contributed by atoms with Crippen LogP contribution in [-0.4, -0.2) is 16.2 Å². The van der Waals surface area contributed by atoms with E-state index in [0.29, 0.717) is 11.5 Å². The lowest BCUT2D eigenvalue weighted by Gasteiger charge is -2.08. The van der Waals surface area contributed by atoms with Gasteiger partial charge in [0.05, 0.1) is 0 Å². The van der Waals surface area contributed by atoms with Gasteiger partial charge in [0.1, 0.15) is 5.58 Å². The SMILES string of the molecule is Cc1nnc(C(C)OC(=O)c2oc3ccc(Br)cc3c2C)o1. The number of ether oxygens (including phenoxy) is 1. The Morgan fingerprint density at radius 1 is 1.27 bits per heavy atom. The summed E-state index contributed by atoms with van der Waals surface area (Å²) >= 11 is 3.40. The third-order valence-electron chi connectivity index (χ3n) is 3.26. The number of esters is 1. The van der Waals surface area contributed by atoms with Crippen molar-refractivity contribution in [2.24, 2.45) is 0 Å². The average molecular weight is 365 g/mol. The zero-order chi connectivity index (χ0) is 15.9. The molecular formula is C15H13BrN2O4. The monoisotopic (exact) mass is 364 g/mol. The second-order valence-electron chi connectivity index (χ2n) is 4.90. The Morgan fingerprint density at radius 3 is 2.73 bits per heavy atom. The Hall–Kier alpha value is -2.15. The first kappa shape index (κ1) is 14.8. The zero-order valence-electron chi connectivity index (χ0n) is 12.2. The number of hydrogen-bond donors (Lipinski definition) is 0. The molecule has 1 aromatic carbocycles. The van der Waals surface area contributed by atoms with Gasteiger partial charge < -0.3 is 13.6 Å². The Balaban J connectivity index is 1.87. The molecule has 2 heterocycles. The van der Waals surface area contributed by atoms with Gasteiger partial charge in [-0.25, -0.2) is 4.79 Å². The molecule has 0 saturated carbocycles. The Labute approximate surface area is 134 Å². The van der Waals surface area contributed by atoms with Crippen LogP contribution in [0, 0.1) is 13.8 Å². The highest BCUT2D eigenvalue weighted by Crippen LogP contribution is 2.29. The molecular weight excluding hydrogens is 352 g/mol. The molecule has 0 bridgehead atoms. The number of aromatic nitrogens is 2. The summed E-state index contributed by atoms with van der Waals surface area (Å²) in [6, 6.07) is 5.55. The fourth-order valence-corrected chi connectivity index (χ4v) is 2.49. The standard InChI is InChI=1S/C15H13BrN2O4/c1-7-11-6-10(16)4-5-12(11)22-13(7)15(19)20-8(2)14-18-17-9(3)21-14/h4-6,8H,1-3H3. The van der Waals surface area contributed by atoms with Crippen LogP contribution in [0.3, 0.4) is 0 Å². The van der Waals surface area contributed by atoms with E-state index in [2.05, 4.69) is 26.1 Å². The number of benzene rings is 1. The second kappa shape index (κ2) is 5.57. The molecule has 0 aliphatic carbocycles. The predicted molar refractivity (Wildman–Crippen MR) is 81.5 cm³/mol. The summed E-state index contributed by atoms with van der Waals surface area (Å²) < 4.78 is 17.1. The van der Waals surface area contributed by atoms with Crippen molar-refractivity contribution < 1.29 is 18.4 Å². The summed E-state index contributed by atoms with van der Waals surface area (Å²) in [6.45, 7) is 5.15. The topological polar surface area (TPSA) is 78.4 Å². The van der Waals surface area contributed by atoms with Crippen molar-refractivity contribution in [1.82, 2.24) is 10.2 Å². The second-order valence-corrected chi connectivity index (χ2v) is 5.82. The van der Waals surface area contributed by atoms with E-state index in [1.165, 1.54) is 0 Å². The summed E-state index contributed by atoms with van der Waals surface area (Å²) in [4.78, 5) is 12.3. The Morgan fingerprint density at radius 2 is 2.05 bits per heavy atom. The molecule has 3 aromatic rings. The number of halogens is 1. The minimum absolute atomic E-state index is 0.177. The van der Waals surface area contributed by atoms with Crippen LogP contribution in [0.4, 0.5) is 0 Å². The molecule has 3 rings (SSSR count). The molecule has 1 atom stereocenters. The van der Waals surface area contributed by atoms with Crippen LogP contribution in [0.25, 0.3) is 11.0 Å². The van der Waals surface area contributed by atoms with E-state index in [4.69, 9.17) is 13.6 Å². The van der Waals surface area contributed by atoms with Gasteiger partial charge in [-0.3, -0.25) is 0 Å². The number of aryl methyl sites for hydroxylation is 2. The number of nitrogens with zero attached hydrogens (tertiary/aromatic N) is 2. The first-order valence-electron chi connectivity index (χ1n) is 6.65. The van der Waals surface area contributed by atoms with Crippen molar-refractivity contribution in [3.63, 3.8) is 0 Å². The van der Waals surface area contributed by atoms with Crippen LogP contribution in [0.5, 0.6) is 0 Å². The van der Waals surface area contributed by atoms with Gasteiger partial charge in [-0.15, -0.1) is 10.2 Å². The van der Waals surface area contributed by atoms with Crippen LogP contribution in [-0.2, 0) is 4.74 Å². The summed E-state index contributed by atoms with van der Waals surface area (Å²) in [5.41, 5.74) is 1.36. The normalized spacial score (nSPS) is 12.5. The summed E-state index contributed by atoms with van der Waals surface area (Å²) in [5, 5.41) is 8.42. The van der Waals surface area contributed by atoms with Crippen molar-refractivity contribution in [3.05, 3.63) is 45.8 Å². The molecule has 1 unspecified atom stereocenters. The average Bonchev–Trinajstić information content (AvgIpc) is 3.04. The number of carbonyl (C=O) groups excluding carboxylic acids is 1. The minimum atomic E-state index is -0.645. The highest BCUT2D eigenvalue weighted by atomic mass is 79.9. The first-order valence-corrected chi connectivity index (χ1v) is 7.44. The van der Waals surface area contributed by atoms with E-state index >= 15 is 0 Å². The molecule has 6 nitrogen and oxygen atoms in total. The van der Waals surface area contributed by atoms with E-state index < -0.39 is 12.1 Å². The molecule has 0 spiro atoms. The maximum absolute atomic E-state index is 12.3. The van der Waals surface area contributed by atoms with Crippen molar-refractivity contribution >= 4 is 32.9 Å². The summed E-state index contributed by atoms with van der Waals surface area (Å²) in [5.74, 6) is 0.286. The number of rotatable bonds is 3.